The molecular weight excluding hydrogens is 205 g/mol. The van der Waals surface area contributed by atoms with E-state index in [2.05, 4.69) is 24.0 Å². The molecule has 0 aromatic carbocycles. The molecule has 1 heterocycles. The maximum absolute atomic E-state index is 11.9. The molecule has 0 fully saturated rings. The molecule has 0 saturated carbocycles. The van der Waals surface area contributed by atoms with Crippen molar-refractivity contribution in [2.75, 3.05) is 20.3 Å². The average Bonchev–Trinajstić information content (AvgIpc) is 2.70. The standard InChI is InChI=1S/C12H22FN3/c1-11(12-9-14-16(3)10-12)15(2)8-6-4-5-7-13/h9-11H,4-8H2,1-3H3/t11-/m1/s1. The van der Waals surface area contributed by atoms with Crippen LogP contribution in [0.15, 0.2) is 12.4 Å². The van der Waals surface area contributed by atoms with Crippen molar-refractivity contribution in [1.29, 1.82) is 0 Å². The number of rotatable bonds is 7. The van der Waals surface area contributed by atoms with Crippen LogP contribution >= 0.6 is 0 Å². The summed E-state index contributed by atoms with van der Waals surface area (Å²) in [5.41, 5.74) is 1.23. The van der Waals surface area contributed by atoms with Gasteiger partial charge in [0.25, 0.3) is 0 Å². The Hall–Kier alpha value is -0.900. The van der Waals surface area contributed by atoms with Gasteiger partial charge in [-0.05, 0) is 39.8 Å². The van der Waals surface area contributed by atoms with E-state index in [1.807, 2.05) is 24.1 Å². The third-order valence-corrected chi connectivity index (χ3v) is 3.01. The fraction of sp³-hybridized carbons (Fsp3) is 0.750. The highest BCUT2D eigenvalue weighted by Crippen LogP contribution is 2.17. The lowest BCUT2D eigenvalue weighted by Crippen LogP contribution is -2.23. The molecule has 4 heteroatoms. The molecular formula is C12H22FN3. The molecule has 1 atom stereocenters. The number of unbranched alkanes of at least 4 members (excludes halogenated alkanes) is 2. The average molecular weight is 227 g/mol. The highest BCUT2D eigenvalue weighted by molar-refractivity contribution is 5.08. The third kappa shape index (κ3) is 3.93. The molecule has 3 nitrogen and oxygen atoms in total. The first kappa shape index (κ1) is 13.2. The first-order valence-electron chi connectivity index (χ1n) is 5.90. The van der Waals surface area contributed by atoms with Crippen molar-refractivity contribution in [3.05, 3.63) is 18.0 Å². The van der Waals surface area contributed by atoms with Crippen LogP contribution in [0.1, 0.15) is 37.8 Å². The molecule has 0 amide bonds. The van der Waals surface area contributed by atoms with Crippen LogP contribution in [-0.4, -0.2) is 34.9 Å². The van der Waals surface area contributed by atoms with Crippen molar-refractivity contribution in [2.45, 2.75) is 32.2 Å². The first-order valence-corrected chi connectivity index (χ1v) is 5.90. The van der Waals surface area contributed by atoms with Crippen LogP contribution in [0, 0.1) is 0 Å². The van der Waals surface area contributed by atoms with Gasteiger partial charge in [-0.1, -0.05) is 0 Å². The molecule has 0 spiro atoms. The molecule has 0 aliphatic rings. The molecule has 0 unspecified atom stereocenters. The smallest absolute Gasteiger partial charge is 0.0894 e. The normalized spacial score (nSPS) is 13.3. The van der Waals surface area contributed by atoms with Gasteiger partial charge in [0.1, 0.15) is 0 Å². The van der Waals surface area contributed by atoms with Gasteiger partial charge in [0, 0.05) is 24.8 Å². The Kier molecular flexibility index (Phi) is 5.46. The fourth-order valence-electron chi connectivity index (χ4n) is 1.74. The second-order valence-electron chi connectivity index (χ2n) is 4.35. The molecule has 92 valence electrons. The van der Waals surface area contributed by atoms with Crippen LogP contribution in [0.5, 0.6) is 0 Å². The van der Waals surface area contributed by atoms with Crippen LogP contribution < -0.4 is 0 Å². The van der Waals surface area contributed by atoms with E-state index >= 15 is 0 Å². The minimum absolute atomic E-state index is 0.193. The highest BCUT2D eigenvalue weighted by atomic mass is 19.1. The van der Waals surface area contributed by atoms with Gasteiger partial charge in [-0.2, -0.15) is 5.10 Å². The van der Waals surface area contributed by atoms with Crippen LogP contribution in [-0.2, 0) is 7.05 Å². The highest BCUT2D eigenvalue weighted by Gasteiger charge is 2.12. The Labute approximate surface area is 97.2 Å². The molecule has 0 aliphatic heterocycles. The predicted molar refractivity (Wildman–Crippen MR) is 64.1 cm³/mol. The number of nitrogens with zero attached hydrogens (tertiary/aromatic N) is 3. The zero-order valence-electron chi connectivity index (χ0n) is 10.5. The Morgan fingerprint density at radius 2 is 2.19 bits per heavy atom. The Morgan fingerprint density at radius 1 is 1.44 bits per heavy atom. The van der Waals surface area contributed by atoms with Gasteiger partial charge in [-0.15, -0.1) is 0 Å². The summed E-state index contributed by atoms with van der Waals surface area (Å²) in [6.45, 7) is 2.99. The Balaban J connectivity index is 2.33. The molecule has 16 heavy (non-hydrogen) atoms. The summed E-state index contributed by atoms with van der Waals surface area (Å²) >= 11 is 0. The lowest BCUT2D eigenvalue weighted by atomic mass is 10.1. The number of aryl methyl sites for hydroxylation is 1. The van der Waals surface area contributed by atoms with Crippen molar-refractivity contribution in [1.82, 2.24) is 14.7 Å². The minimum atomic E-state index is -0.193. The topological polar surface area (TPSA) is 21.1 Å². The zero-order valence-corrected chi connectivity index (χ0v) is 10.5. The number of alkyl halides is 1. The summed E-state index contributed by atoms with van der Waals surface area (Å²) in [5.74, 6) is 0. The monoisotopic (exact) mass is 227 g/mol. The van der Waals surface area contributed by atoms with E-state index in [1.54, 1.807) is 0 Å². The van der Waals surface area contributed by atoms with E-state index in [0.717, 1.165) is 19.4 Å². The molecule has 0 bridgehead atoms. The van der Waals surface area contributed by atoms with E-state index in [4.69, 9.17) is 0 Å². The van der Waals surface area contributed by atoms with Crippen molar-refractivity contribution >= 4 is 0 Å². The van der Waals surface area contributed by atoms with Crippen molar-refractivity contribution in [2.24, 2.45) is 7.05 Å². The summed E-state index contributed by atoms with van der Waals surface area (Å²) in [4.78, 5) is 2.29. The SMILES string of the molecule is C[C@H](c1cnn(C)c1)N(C)CCCCCF. The minimum Gasteiger partial charge on any atom is -0.300 e. The van der Waals surface area contributed by atoms with Crippen LogP contribution in [0.4, 0.5) is 4.39 Å². The van der Waals surface area contributed by atoms with Crippen molar-refractivity contribution in [3.8, 4) is 0 Å². The van der Waals surface area contributed by atoms with Gasteiger partial charge >= 0.3 is 0 Å². The number of hydrogen-bond acceptors (Lipinski definition) is 2. The molecule has 1 aromatic rings. The number of aromatic nitrogens is 2. The summed E-state index contributed by atoms with van der Waals surface area (Å²) in [5, 5.41) is 4.17. The molecule has 0 aliphatic carbocycles. The Morgan fingerprint density at radius 3 is 2.75 bits per heavy atom. The molecule has 1 aromatic heterocycles. The lowest BCUT2D eigenvalue weighted by Gasteiger charge is -2.23. The molecule has 0 N–H and O–H groups in total. The van der Waals surface area contributed by atoms with Gasteiger partial charge < -0.3 is 0 Å². The fourth-order valence-corrected chi connectivity index (χ4v) is 1.74. The summed E-state index contributed by atoms with van der Waals surface area (Å²) < 4.78 is 13.7. The summed E-state index contributed by atoms with van der Waals surface area (Å²) in [6.07, 6.45) is 6.67. The molecule has 1 rings (SSSR count). The van der Waals surface area contributed by atoms with Crippen LogP contribution in [0.3, 0.4) is 0 Å². The van der Waals surface area contributed by atoms with Crippen LogP contribution in [0.25, 0.3) is 0 Å². The van der Waals surface area contributed by atoms with E-state index in [1.165, 1.54) is 5.56 Å². The second kappa shape index (κ2) is 6.63. The maximum Gasteiger partial charge on any atom is 0.0894 e. The van der Waals surface area contributed by atoms with E-state index in [-0.39, 0.29) is 6.67 Å². The largest absolute Gasteiger partial charge is 0.300 e. The molecule has 0 radical (unpaired) electrons. The van der Waals surface area contributed by atoms with Crippen molar-refractivity contribution in [3.63, 3.8) is 0 Å². The Bertz CT molecular complexity index is 298. The van der Waals surface area contributed by atoms with Crippen LogP contribution in [0.2, 0.25) is 0 Å². The van der Waals surface area contributed by atoms with Gasteiger partial charge in [0.05, 0.1) is 12.9 Å². The van der Waals surface area contributed by atoms with E-state index in [0.29, 0.717) is 12.5 Å². The van der Waals surface area contributed by atoms with Crippen molar-refractivity contribution < 1.29 is 4.39 Å². The van der Waals surface area contributed by atoms with Gasteiger partial charge in [-0.3, -0.25) is 14.0 Å². The molecule has 0 saturated heterocycles. The maximum atomic E-state index is 11.9. The third-order valence-electron chi connectivity index (χ3n) is 3.01. The lowest BCUT2D eigenvalue weighted by molar-refractivity contribution is 0.254. The first-order chi connectivity index (χ1) is 7.65. The van der Waals surface area contributed by atoms with E-state index in [9.17, 15) is 4.39 Å². The number of halogens is 1. The second-order valence-corrected chi connectivity index (χ2v) is 4.35. The van der Waals surface area contributed by atoms with E-state index < -0.39 is 0 Å². The zero-order chi connectivity index (χ0) is 12.0. The number of hydrogen-bond donors (Lipinski definition) is 0. The summed E-state index contributed by atoms with van der Waals surface area (Å²) in [6, 6.07) is 0.374. The quantitative estimate of drug-likeness (QED) is 0.667. The summed E-state index contributed by atoms with van der Waals surface area (Å²) in [7, 11) is 4.03. The van der Waals surface area contributed by atoms with Gasteiger partial charge in [0.15, 0.2) is 0 Å². The van der Waals surface area contributed by atoms with Gasteiger partial charge in [0.2, 0.25) is 0 Å². The van der Waals surface area contributed by atoms with Gasteiger partial charge in [-0.25, -0.2) is 0 Å². The predicted octanol–water partition coefficient (Wildman–Crippen LogP) is 2.55.